The lowest BCUT2D eigenvalue weighted by Crippen LogP contribution is -2.19. The maximum atomic E-state index is 5.96. The molecule has 120 valence electrons. The molecule has 5 heteroatoms. The number of rotatable bonds is 5. The van der Waals surface area contributed by atoms with Gasteiger partial charge >= 0.3 is 0 Å². The molecule has 23 heavy (non-hydrogen) atoms. The van der Waals surface area contributed by atoms with Crippen LogP contribution in [0.4, 0.5) is 0 Å². The van der Waals surface area contributed by atoms with E-state index in [1.807, 2.05) is 63.6 Å². The van der Waals surface area contributed by atoms with Crippen LogP contribution in [-0.4, -0.2) is 41.7 Å². The SMILES string of the molecule is CN(C)CCOc1ccc2c(c1)nc(-c1ccc(Cl)cc1)n2C. The Hall–Kier alpha value is -2.04. The fraction of sp³-hybridized carbons (Fsp3) is 0.278. The lowest BCUT2D eigenvalue weighted by atomic mass is 10.2. The van der Waals surface area contributed by atoms with E-state index in [1.54, 1.807) is 0 Å². The van der Waals surface area contributed by atoms with Gasteiger partial charge in [0.25, 0.3) is 0 Å². The van der Waals surface area contributed by atoms with Crippen LogP contribution < -0.4 is 4.74 Å². The Morgan fingerprint density at radius 2 is 1.87 bits per heavy atom. The normalized spacial score (nSPS) is 11.3. The van der Waals surface area contributed by atoms with Gasteiger partial charge < -0.3 is 14.2 Å². The Balaban J connectivity index is 1.90. The molecule has 0 aliphatic rings. The zero-order valence-electron chi connectivity index (χ0n) is 13.6. The minimum Gasteiger partial charge on any atom is -0.492 e. The van der Waals surface area contributed by atoms with Crippen LogP contribution in [0, 0.1) is 0 Å². The van der Waals surface area contributed by atoms with Crippen molar-refractivity contribution in [1.29, 1.82) is 0 Å². The van der Waals surface area contributed by atoms with Gasteiger partial charge in [0.1, 0.15) is 18.2 Å². The van der Waals surface area contributed by atoms with E-state index in [-0.39, 0.29) is 0 Å². The standard InChI is InChI=1S/C18H20ClN3O/c1-21(2)10-11-23-15-8-9-17-16(12-15)20-18(22(17)3)13-4-6-14(19)7-5-13/h4-9,12H,10-11H2,1-3H3. The third-order valence-electron chi connectivity index (χ3n) is 3.76. The quantitative estimate of drug-likeness (QED) is 0.712. The number of likely N-dealkylation sites (N-methyl/N-ethyl adjacent to an activating group) is 1. The van der Waals surface area contributed by atoms with Crippen LogP contribution in [0.5, 0.6) is 5.75 Å². The van der Waals surface area contributed by atoms with Crippen LogP contribution in [0.15, 0.2) is 42.5 Å². The molecule has 0 unspecified atom stereocenters. The Labute approximate surface area is 141 Å². The van der Waals surface area contributed by atoms with E-state index in [0.29, 0.717) is 6.61 Å². The average molecular weight is 330 g/mol. The van der Waals surface area contributed by atoms with Gasteiger partial charge in [-0.3, -0.25) is 0 Å². The first-order valence-electron chi connectivity index (χ1n) is 7.54. The van der Waals surface area contributed by atoms with Crippen LogP contribution in [-0.2, 0) is 7.05 Å². The Morgan fingerprint density at radius 1 is 1.13 bits per heavy atom. The fourth-order valence-electron chi connectivity index (χ4n) is 2.47. The monoisotopic (exact) mass is 329 g/mol. The Bertz CT molecular complexity index is 809. The summed E-state index contributed by atoms with van der Waals surface area (Å²) in [4.78, 5) is 6.84. The van der Waals surface area contributed by atoms with Gasteiger partial charge in [0.15, 0.2) is 0 Å². The highest BCUT2D eigenvalue weighted by atomic mass is 35.5. The minimum atomic E-state index is 0.662. The molecule has 3 aromatic rings. The van der Waals surface area contributed by atoms with E-state index >= 15 is 0 Å². The number of benzene rings is 2. The van der Waals surface area contributed by atoms with E-state index in [0.717, 1.165) is 39.7 Å². The molecule has 0 atom stereocenters. The second kappa shape index (κ2) is 6.60. The Kier molecular flexibility index (Phi) is 4.55. The van der Waals surface area contributed by atoms with Crippen LogP contribution in [0.1, 0.15) is 0 Å². The molecule has 0 aliphatic heterocycles. The van der Waals surface area contributed by atoms with Crippen molar-refractivity contribution in [1.82, 2.24) is 14.5 Å². The summed E-state index contributed by atoms with van der Waals surface area (Å²) < 4.78 is 7.87. The van der Waals surface area contributed by atoms with E-state index in [2.05, 4.69) is 9.47 Å². The molecule has 0 bridgehead atoms. The first-order chi connectivity index (χ1) is 11.0. The van der Waals surface area contributed by atoms with Crippen molar-refractivity contribution in [3.05, 3.63) is 47.5 Å². The van der Waals surface area contributed by atoms with Crippen molar-refractivity contribution >= 4 is 22.6 Å². The van der Waals surface area contributed by atoms with Crippen LogP contribution in [0.2, 0.25) is 5.02 Å². The van der Waals surface area contributed by atoms with Gasteiger partial charge in [0.05, 0.1) is 11.0 Å². The zero-order chi connectivity index (χ0) is 16.4. The largest absolute Gasteiger partial charge is 0.492 e. The zero-order valence-corrected chi connectivity index (χ0v) is 14.3. The first-order valence-corrected chi connectivity index (χ1v) is 7.92. The van der Waals surface area contributed by atoms with Gasteiger partial charge in [-0.15, -0.1) is 0 Å². The smallest absolute Gasteiger partial charge is 0.140 e. The van der Waals surface area contributed by atoms with E-state index < -0.39 is 0 Å². The first kappa shape index (κ1) is 15.8. The van der Waals surface area contributed by atoms with Crippen LogP contribution in [0.3, 0.4) is 0 Å². The molecule has 0 saturated heterocycles. The third kappa shape index (κ3) is 3.49. The lowest BCUT2D eigenvalue weighted by molar-refractivity contribution is 0.261. The maximum Gasteiger partial charge on any atom is 0.140 e. The minimum absolute atomic E-state index is 0.662. The van der Waals surface area contributed by atoms with Gasteiger partial charge in [0.2, 0.25) is 0 Å². The Morgan fingerprint density at radius 3 is 2.57 bits per heavy atom. The predicted octanol–water partition coefficient (Wildman–Crippen LogP) is 3.83. The number of halogens is 1. The highest BCUT2D eigenvalue weighted by Gasteiger charge is 2.10. The second-order valence-corrected chi connectivity index (χ2v) is 6.24. The van der Waals surface area contributed by atoms with Crippen molar-refractivity contribution in [2.75, 3.05) is 27.2 Å². The summed E-state index contributed by atoms with van der Waals surface area (Å²) in [6.45, 7) is 1.55. The third-order valence-corrected chi connectivity index (χ3v) is 4.01. The molecule has 4 nitrogen and oxygen atoms in total. The summed E-state index contributed by atoms with van der Waals surface area (Å²) in [6.07, 6.45) is 0. The average Bonchev–Trinajstić information content (AvgIpc) is 2.84. The molecular formula is C18H20ClN3O. The summed E-state index contributed by atoms with van der Waals surface area (Å²) in [5.41, 5.74) is 3.05. The number of fused-ring (bicyclic) bond motifs is 1. The van der Waals surface area contributed by atoms with Crippen molar-refractivity contribution in [2.45, 2.75) is 0 Å². The molecule has 0 spiro atoms. The predicted molar refractivity (Wildman–Crippen MR) is 95.2 cm³/mol. The number of nitrogens with zero attached hydrogens (tertiary/aromatic N) is 3. The van der Waals surface area contributed by atoms with Gasteiger partial charge in [-0.1, -0.05) is 11.6 Å². The van der Waals surface area contributed by atoms with Crippen molar-refractivity contribution in [3.63, 3.8) is 0 Å². The van der Waals surface area contributed by atoms with Crippen molar-refractivity contribution in [2.24, 2.45) is 7.05 Å². The topological polar surface area (TPSA) is 30.3 Å². The summed E-state index contributed by atoms with van der Waals surface area (Å²) in [6, 6.07) is 13.8. The van der Waals surface area contributed by atoms with Crippen molar-refractivity contribution < 1.29 is 4.74 Å². The van der Waals surface area contributed by atoms with Gasteiger partial charge in [-0.25, -0.2) is 4.98 Å². The lowest BCUT2D eigenvalue weighted by Gasteiger charge is -2.10. The molecule has 0 saturated carbocycles. The number of hydrogen-bond donors (Lipinski definition) is 0. The summed E-state index contributed by atoms with van der Waals surface area (Å²) in [7, 11) is 6.08. The molecule has 1 heterocycles. The van der Waals surface area contributed by atoms with Gasteiger partial charge in [-0.2, -0.15) is 0 Å². The second-order valence-electron chi connectivity index (χ2n) is 5.80. The summed E-state index contributed by atoms with van der Waals surface area (Å²) in [5, 5.41) is 0.726. The molecule has 0 N–H and O–H groups in total. The molecule has 2 aromatic carbocycles. The highest BCUT2D eigenvalue weighted by molar-refractivity contribution is 6.30. The van der Waals surface area contributed by atoms with E-state index in [1.165, 1.54) is 0 Å². The molecule has 1 aromatic heterocycles. The summed E-state index contributed by atoms with van der Waals surface area (Å²) >= 11 is 5.96. The molecule has 0 aliphatic carbocycles. The molecule has 0 fully saturated rings. The number of hydrogen-bond acceptors (Lipinski definition) is 3. The highest BCUT2D eigenvalue weighted by Crippen LogP contribution is 2.27. The number of ether oxygens (including phenoxy) is 1. The van der Waals surface area contributed by atoms with E-state index in [4.69, 9.17) is 21.3 Å². The fourth-order valence-corrected chi connectivity index (χ4v) is 2.60. The molecule has 3 rings (SSSR count). The molecule has 0 amide bonds. The van der Waals surface area contributed by atoms with Crippen LogP contribution in [0.25, 0.3) is 22.4 Å². The number of imidazole rings is 1. The van der Waals surface area contributed by atoms with Crippen molar-refractivity contribution in [3.8, 4) is 17.1 Å². The summed E-state index contributed by atoms with van der Waals surface area (Å²) in [5.74, 6) is 1.77. The van der Waals surface area contributed by atoms with Crippen LogP contribution >= 0.6 is 11.6 Å². The van der Waals surface area contributed by atoms with E-state index in [9.17, 15) is 0 Å². The maximum absolute atomic E-state index is 5.96. The molecule has 0 radical (unpaired) electrons. The number of aryl methyl sites for hydroxylation is 1. The number of aromatic nitrogens is 2. The van der Waals surface area contributed by atoms with Gasteiger partial charge in [0, 0.05) is 30.2 Å². The van der Waals surface area contributed by atoms with Gasteiger partial charge in [-0.05, 0) is 50.5 Å². The molecular weight excluding hydrogens is 310 g/mol.